The summed E-state index contributed by atoms with van der Waals surface area (Å²) in [7, 11) is 0. The molecule has 2 N–H and O–H groups in total. The lowest BCUT2D eigenvalue weighted by Gasteiger charge is -2.07. The summed E-state index contributed by atoms with van der Waals surface area (Å²) >= 11 is 6.22. The Morgan fingerprint density at radius 3 is 2.89 bits per heavy atom. The van der Waals surface area contributed by atoms with Gasteiger partial charge in [0.2, 0.25) is 5.95 Å². The SMILES string of the molecule is Cc1nccc(Cn2c(N)nc3cccc(Cl)c32)n1. The number of benzene rings is 1. The number of fused-ring (bicyclic) bond motifs is 1. The molecule has 96 valence electrons. The molecule has 2 aromatic heterocycles. The lowest BCUT2D eigenvalue weighted by atomic mass is 10.3. The highest BCUT2D eigenvalue weighted by atomic mass is 35.5. The topological polar surface area (TPSA) is 69.6 Å². The molecule has 0 radical (unpaired) electrons. The van der Waals surface area contributed by atoms with Crippen LogP contribution in [0.5, 0.6) is 0 Å². The number of halogens is 1. The van der Waals surface area contributed by atoms with Crippen LogP contribution in [-0.4, -0.2) is 19.5 Å². The van der Waals surface area contributed by atoms with Crippen LogP contribution in [0.15, 0.2) is 30.5 Å². The van der Waals surface area contributed by atoms with Crippen molar-refractivity contribution in [2.45, 2.75) is 13.5 Å². The fourth-order valence-corrected chi connectivity index (χ4v) is 2.35. The number of aromatic nitrogens is 4. The zero-order chi connectivity index (χ0) is 13.4. The van der Waals surface area contributed by atoms with Crippen LogP contribution >= 0.6 is 11.6 Å². The second-order valence-corrected chi connectivity index (χ2v) is 4.67. The van der Waals surface area contributed by atoms with Gasteiger partial charge in [0, 0.05) is 6.20 Å². The minimum absolute atomic E-state index is 0.430. The summed E-state index contributed by atoms with van der Waals surface area (Å²) in [5.41, 5.74) is 8.45. The smallest absolute Gasteiger partial charge is 0.201 e. The van der Waals surface area contributed by atoms with E-state index in [0.717, 1.165) is 22.6 Å². The van der Waals surface area contributed by atoms with Crippen LogP contribution in [0.1, 0.15) is 11.5 Å². The number of nitrogen functional groups attached to an aromatic ring is 1. The van der Waals surface area contributed by atoms with E-state index in [4.69, 9.17) is 17.3 Å². The molecule has 0 aliphatic heterocycles. The van der Waals surface area contributed by atoms with Gasteiger partial charge in [-0.2, -0.15) is 0 Å². The molecule has 0 spiro atoms. The molecule has 0 amide bonds. The molecular weight excluding hydrogens is 262 g/mol. The van der Waals surface area contributed by atoms with Crippen LogP contribution in [-0.2, 0) is 6.54 Å². The molecule has 0 bridgehead atoms. The van der Waals surface area contributed by atoms with Gasteiger partial charge in [-0.25, -0.2) is 15.0 Å². The molecule has 0 atom stereocenters. The van der Waals surface area contributed by atoms with Gasteiger partial charge in [-0.1, -0.05) is 17.7 Å². The van der Waals surface area contributed by atoms with E-state index in [0.29, 0.717) is 17.5 Å². The maximum Gasteiger partial charge on any atom is 0.201 e. The summed E-state index contributed by atoms with van der Waals surface area (Å²) in [6.07, 6.45) is 1.73. The van der Waals surface area contributed by atoms with Gasteiger partial charge < -0.3 is 10.3 Å². The molecule has 0 saturated carbocycles. The van der Waals surface area contributed by atoms with Crippen LogP contribution in [0.3, 0.4) is 0 Å². The van der Waals surface area contributed by atoms with Gasteiger partial charge in [-0.15, -0.1) is 0 Å². The number of nitrogens with two attached hydrogens (primary N) is 1. The van der Waals surface area contributed by atoms with E-state index in [9.17, 15) is 0 Å². The van der Waals surface area contributed by atoms with Crippen molar-refractivity contribution in [1.29, 1.82) is 0 Å². The lowest BCUT2D eigenvalue weighted by molar-refractivity contribution is 0.795. The standard InChI is InChI=1S/C13H12ClN5/c1-8-16-6-5-9(17-8)7-19-12-10(14)3-2-4-11(12)18-13(19)15/h2-6H,7H2,1H3,(H2,15,18). The summed E-state index contributed by atoms with van der Waals surface area (Å²) in [6.45, 7) is 2.38. The number of aryl methyl sites for hydroxylation is 1. The summed E-state index contributed by atoms with van der Waals surface area (Å²) in [4.78, 5) is 12.8. The number of rotatable bonds is 2. The van der Waals surface area contributed by atoms with Gasteiger partial charge in [0.1, 0.15) is 5.82 Å². The molecule has 0 saturated heterocycles. The maximum atomic E-state index is 6.22. The number of anilines is 1. The first kappa shape index (κ1) is 11.9. The van der Waals surface area contributed by atoms with Gasteiger partial charge in [0.15, 0.2) is 0 Å². The van der Waals surface area contributed by atoms with Gasteiger partial charge in [0.05, 0.1) is 28.3 Å². The molecule has 0 unspecified atom stereocenters. The van der Waals surface area contributed by atoms with E-state index in [2.05, 4.69) is 15.0 Å². The van der Waals surface area contributed by atoms with Gasteiger partial charge in [-0.05, 0) is 25.1 Å². The Hall–Kier alpha value is -2.14. The minimum atomic E-state index is 0.430. The fourth-order valence-electron chi connectivity index (χ4n) is 2.07. The second kappa shape index (κ2) is 4.51. The summed E-state index contributed by atoms with van der Waals surface area (Å²) in [5, 5.41) is 0.632. The zero-order valence-corrected chi connectivity index (χ0v) is 11.1. The van der Waals surface area contributed by atoms with Crippen LogP contribution in [0.25, 0.3) is 11.0 Å². The first-order valence-electron chi connectivity index (χ1n) is 5.84. The van der Waals surface area contributed by atoms with E-state index in [1.807, 2.05) is 35.8 Å². The minimum Gasteiger partial charge on any atom is -0.369 e. The Balaban J connectivity index is 2.12. The highest BCUT2D eigenvalue weighted by molar-refractivity contribution is 6.35. The van der Waals surface area contributed by atoms with Crippen molar-refractivity contribution >= 4 is 28.6 Å². The molecule has 5 nitrogen and oxygen atoms in total. The maximum absolute atomic E-state index is 6.22. The molecule has 6 heteroatoms. The lowest BCUT2D eigenvalue weighted by Crippen LogP contribution is -2.07. The molecule has 2 heterocycles. The van der Waals surface area contributed by atoms with E-state index in [1.54, 1.807) is 6.20 Å². The van der Waals surface area contributed by atoms with E-state index in [-0.39, 0.29) is 0 Å². The highest BCUT2D eigenvalue weighted by Gasteiger charge is 2.12. The number of hydrogen-bond acceptors (Lipinski definition) is 4. The first-order chi connectivity index (χ1) is 9.15. The quantitative estimate of drug-likeness (QED) is 0.778. The number of imidazole rings is 1. The van der Waals surface area contributed by atoms with Crippen molar-refractivity contribution in [2.24, 2.45) is 0 Å². The van der Waals surface area contributed by atoms with Crippen molar-refractivity contribution in [1.82, 2.24) is 19.5 Å². The Bertz CT molecular complexity index is 750. The highest BCUT2D eigenvalue weighted by Crippen LogP contribution is 2.26. The van der Waals surface area contributed by atoms with Crippen molar-refractivity contribution in [2.75, 3.05) is 5.73 Å². The van der Waals surface area contributed by atoms with Crippen molar-refractivity contribution in [3.05, 3.63) is 47.0 Å². The molecule has 0 fully saturated rings. The van der Waals surface area contributed by atoms with Crippen LogP contribution in [0.2, 0.25) is 5.02 Å². The molecule has 0 aliphatic carbocycles. The molecule has 1 aromatic carbocycles. The average Bonchev–Trinajstić information content (AvgIpc) is 2.67. The predicted molar refractivity (Wildman–Crippen MR) is 75.0 cm³/mol. The monoisotopic (exact) mass is 273 g/mol. The van der Waals surface area contributed by atoms with Gasteiger partial charge >= 0.3 is 0 Å². The molecular formula is C13H12ClN5. The number of hydrogen-bond donors (Lipinski definition) is 1. The van der Waals surface area contributed by atoms with Crippen molar-refractivity contribution < 1.29 is 0 Å². The van der Waals surface area contributed by atoms with Crippen LogP contribution in [0.4, 0.5) is 5.95 Å². The molecule has 0 aliphatic rings. The van der Waals surface area contributed by atoms with E-state index < -0.39 is 0 Å². The second-order valence-electron chi connectivity index (χ2n) is 4.26. The van der Waals surface area contributed by atoms with Gasteiger partial charge in [-0.3, -0.25) is 0 Å². The third-order valence-electron chi connectivity index (χ3n) is 2.90. The number of nitrogens with zero attached hydrogens (tertiary/aromatic N) is 4. The Morgan fingerprint density at radius 1 is 1.26 bits per heavy atom. The van der Waals surface area contributed by atoms with Gasteiger partial charge in [0.25, 0.3) is 0 Å². The average molecular weight is 274 g/mol. The predicted octanol–water partition coefficient (Wildman–Crippen LogP) is 2.42. The van der Waals surface area contributed by atoms with Crippen LogP contribution < -0.4 is 5.73 Å². The molecule has 3 rings (SSSR count). The largest absolute Gasteiger partial charge is 0.369 e. The Morgan fingerprint density at radius 2 is 2.11 bits per heavy atom. The van der Waals surface area contributed by atoms with E-state index >= 15 is 0 Å². The Labute approximate surface area is 115 Å². The summed E-state index contributed by atoms with van der Waals surface area (Å²) in [6, 6.07) is 7.43. The zero-order valence-electron chi connectivity index (χ0n) is 10.3. The van der Waals surface area contributed by atoms with Crippen molar-refractivity contribution in [3.8, 4) is 0 Å². The Kier molecular flexibility index (Phi) is 2.83. The molecule has 3 aromatic rings. The third kappa shape index (κ3) is 2.13. The van der Waals surface area contributed by atoms with Crippen LogP contribution in [0, 0.1) is 6.92 Å². The third-order valence-corrected chi connectivity index (χ3v) is 3.21. The van der Waals surface area contributed by atoms with Crippen molar-refractivity contribution in [3.63, 3.8) is 0 Å². The fraction of sp³-hybridized carbons (Fsp3) is 0.154. The molecule has 19 heavy (non-hydrogen) atoms. The number of para-hydroxylation sites is 1. The van der Waals surface area contributed by atoms with E-state index in [1.165, 1.54) is 0 Å². The summed E-state index contributed by atoms with van der Waals surface area (Å²) in [5.74, 6) is 1.16. The first-order valence-corrected chi connectivity index (χ1v) is 6.21. The normalized spacial score (nSPS) is 11.1. The summed E-state index contributed by atoms with van der Waals surface area (Å²) < 4.78 is 1.86.